The lowest BCUT2D eigenvalue weighted by Gasteiger charge is -2.00. The van der Waals surface area contributed by atoms with Crippen LogP contribution in [0.25, 0.3) is 0 Å². The van der Waals surface area contributed by atoms with Crippen LogP contribution in [0.1, 0.15) is 0 Å². The van der Waals surface area contributed by atoms with Crippen molar-refractivity contribution in [2.75, 3.05) is 23.8 Å². The second-order valence-corrected chi connectivity index (χ2v) is 3.13. The highest BCUT2D eigenvalue weighted by molar-refractivity contribution is 7.79. The highest BCUT2D eigenvalue weighted by Crippen LogP contribution is 2.09. The zero-order valence-corrected chi connectivity index (χ0v) is 8.56. The Kier molecular flexibility index (Phi) is 4.70. The number of hydrogen-bond donors (Lipinski definition) is 5. The molecule has 1 aromatic rings. The predicted molar refractivity (Wildman–Crippen MR) is 54.6 cm³/mol. The fraction of sp³-hybridized carbons (Fsp3) is 0.200. The monoisotopic (exact) mass is 237 g/mol. The van der Waals surface area contributed by atoms with E-state index in [9.17, 15) is 0 Å². The van der Waals surface area contributed by atoms with E-state index < -0.39 is 10.4 Å². The van der Waals surface area contributed by atoms with Crippen LogP contribution in [-0.2, 0) is 10.4 Å². The van der Waals surface area contributed by atoms with Crippen molar-refractivity contribution >= 4 is 27.9 Å². The summed E-state index contributed by atoms with van der Waals surface area (Å²) < 4.78 is 31.6. The number of hydrogen-bond acceptors (Lipinski definition) is 7. The molecular weight excluding hydrogens is 226 g/mol. The summed E-state index contributed by atoms with van der Waals surface area (Å²) in [6, 6.07) is 0. The molecule has 1 aromatic heterocycles. The third kappa shape index (κ3) is 7.42. The van der Waals surface area contributed by atoms with E-state index in [-0.39, 0.29) is 0 Å². The first-order valence-corrected chi connectivity index (χ1v) is 4.89. The van der Waals surface area contributed by atoms with Crippen LogP contribution in [0.2, 0.25) is 0 Å². The van der Waals surface area contributed by atoms with E-state index in [1.165, 1.54) is 6.20 Å². The van der Waals surface area contributed by atoms with Gasteiger partial charge in [0.25, 0.3) is 0 Å². The van der Waals surface area contributed by atoms with Crippen molar-refractivity contribution in [2.24, 2.45) is 0 Å². The molecule has 7 N–H and O–H groups in total. The van der Waals surface area contributed by atoms with Crippen LogP contribution in [-0.4, -0.2) is 34.5 Å². The standard InChI is InChI=1S/C5H9N5.H2O4S/c1-8-5-9-2-3(6)4(7)10-5;1-5(2,3)4/h2H,6H2,1H3,(H3,7,8,9,10);(H2,1,2,3,4). The molecule has 10 heteroatoms. The zero-order valence-electron chi connectivity index (χ0n) is 7.75. The van der Waals surface area contributed by atoms with Gasteiger partial charge in [0.05, 0.1) is 11.9 Å². The summed E-state index contributed by atoms with van der Waals surface area (Å²) in [7, 11) is -2.95. The van der Waals surface area contributed by atoms with Gasteiger partial charge in [-0.1, -0.05) is 0 Å². The summed E-state index contributed by atoms with van der Waals surface area (Å²) in [5.74, 6) is 0.783. The molecule has 0 unspecified atom stereocenters. The van der Waals surface area contributed by atoms with Crippen molar-refractivity contribution in [3.63, 3.8) is 0 Å². The SMILES string of the molecule is CNc1ncc(N)c(N)n1.O=S(=O)(O)O. The van der Waals surface area contributed by atoms with Gasteiger partial charge in [-0.05, 0) is 0 Å². The minimum atomic E-state index is -4.67. The number of nitrogens with one attached hydrogen (secondary N) is 1. The van der Waals surface area contributed by atoms with Gasteiger partial charge in [-0.3, -0.25) is 9.11 Å². The Morgan fingerprint density at radius 3 is 2.20 bits per heavy atom. The molecule has 0 bridgehead atoms. The van der Waals surface area contributed by atoms with Gasteiger partial charge >= 0.3 is 10.4 Å². The van der Waals surface area contributed by atoms with Crippen molar-refractivity contribution in [1.29, 1.82) is 0 Å². The van der Waals surface area contributed by atoms with E-state index in [1.807, 2.05) is 0 Å². The van der Waals surface area contributed by atoms with Gasteiger partial charge in [-0.2, -0.15) is 13.4 Å². The van der Waals surface area contributed by atoms with Gasteiger partial charge < -0.3 is 16.8 Å². The number of anilines is 3. The maximum Gasteiger partial charge on any atom is 0.394 e. The van der Waals surface area contributed by atoms with E-state index in [0.29, 0.717) is 17.5 Å². The zero-order chi connectivity index (χ0) is 12.1. The van der Waals surface area contributed by atoms with Gasteiger partial charge in [-0.15, -0.1) is 0 Å². The third-order valence-electron chi connectivity index (χ3n) is 1.07. The fourth-order valence-corrected chi connectivity index (χ4v) is 0.525. The van der Waals surface area contributed by atoms with E-state index in [1.54, 1.807) is 7.05 Å². The highest BCUT2D eigenvalue weighted by atomic mass is 32.3. The predicted octanol–water partition coefficient (Wildman–Crippen LogP) is -0.970. The molecule has 0 fully saturated rings. The number of aromatic nitrogens is 2. The molecule has 0 saturated carbocycles. The topological polar surface area (TPSA) is 164 Å². The summed E-state index contributed by atoms with van der Waals surface area (Å²) in [5.41, 5.74) is 11.1. The van der Waals surface area contributed by atoms with E-state index in [4.69, 9.17) is 29.0 Å². The molecule has 0 aliphatic rings. The van der Waals surface area contributed by atoms with Crippen molar-refractivity contribution < 1.29 is 17.5 Å². The Morgan fingerprint density at radius 1 is 1.40 bits per heavy atom. The van der Waals surface area contributed by atoms with Crippen LogP contribution in [0.15, 0.2) is 6.20 Å². The first kappa shape index (κ1) is 13.4. The van der Waals surface area contributed by atoms with Crippen LogP contribution < -0.4 is 16.8 Å². The lowest BCUT2D eigenvalue weighted by Crippen LogP contribution is -2.03. The van der Waals surface area contributed by atoms with Gasteiger partial charge in [0.1, 0.15) is 0 Å². The van der Waals surface area contributed by atoms with Crippen LogP contribution in [0.4, 0.5) is 17.5 Å². The van der Waals surface area contributed by atoms with Crippen LogP contribution in [0.5, 0.6) is 0 Å². The van der Waals surface area contributed by atoms with E-state index in [0.717, 1.165) is 0 Å². The lowest BCUT2D eigenvalue weighted by atomic mass is 10.5. The highest BCUT2D eigenvalue weighted by Gasteiger charge is 1.96. The van der Waals surface area contributed by atoms with Crippen LogP contribution in [0.3, 0.4) is 0 Å². The summed E-state index contributed by atoms with van der Waals surface area (Å²) in [6.45, 7) is 0. The van der Waals surface area contributed by atoms with Gasteiger partial charge in [0, 0.05) is 7.05 Å². The van der Waals surface area contributed by atoms with Crippen LogP contribution in [0, 0.1) is 0 Å². The van der Waals surface area contributed by atoms with Gasteiger partial charge in [-0.25, -0.2) is 4.98 Å². The molecule has 0 aliphatic carbocycles. The second kappa shape index (κ2) is 5.29. The van der Waals surface area contributed by atoms with E-state index in [2.05, 4.69) is 15.3 Å². The Hall–Kier alpha value is -1.65. The molecule has 86 valence electrons. The summed E-state index contributed by atoms with van der Waals surface area (Å²) >= 11 is 0. The molecular formula is C5H11N5O4S. The van der Waals surface area contributed by atoms with Crippen molar-refractivity contribution in [1.82, 2.24) is 9.97 Å². The molecule has 0 aromatic carbocycles. The summed E-state index contributed by atoms with van der Waals surface area (Å²) in [5, 5.41) is 2.74. The number of nitrogens with zero attached hydrogens (tertiary/aromatic N) is 2. The fourth-order valence-electron chi connectivity index (χ4n) is 0.525. The van der Waals surface area contributed by atoms with E-state index >= 15 is 0 Å². The smallest absolute Gasteiger partial charge is 0.394 e. The normalized spacial score (nSPS) is 10.1. The maximum atomic E-state index is 8.74. The Morgan fingerprint density at radius 2 is 1.87 bits per heavy atom. The molecule has 1 heterocycles. The summed E-state index contributed by atoms with van der Waals surface area (Å²) in [6.07, 6.45) is 1.47. The molecule has 0 atom stereocenters. The molecule has 0 spiro atoms. The summed E-state index contributed by atoms with van der Waals surface area (Å²) in [4.78, 5) is 7.65. The van der Waals surface area contributed by atoms with Crippen molar-refractivity contribution in [3.05, 3.63) is 6.20 Å². The second-order valence-electron chi connectivity index (χ2n) is 2.23. The van der Waals surface area contributed by atoms with Crippen molar-refractivity contribution in [3.8, 4) is 0 Å². The molecule has 15 heavy (non-hydrogen) atoms. The molecule has 9 nitrogen and oxygen atoms in total. The average molecular weight is 237 g/mol. The van der Waals surface area contributed by atoms with Gasteiger partial charge in [0.15, 0.2) is 5.82 Å². The Balaban J connectivity index is 0.000000336. The van der Waals surface area contributed by atoms with Gasteiger partial charge in [0.2, 0.25) is 5.95 Å². The Labute approximate surface area is 86.1 Å². The quantitative estimate of drug-likeness (QED) is 0.386. The first-order valence-electron chi connectivity index (χ1n) is 3.49. The minimum Gasteiger partial charge on any atom is -0.394 e. The van der Waals surface area contributed by atoms with Crippen LogP contribution >= 0.6 is 0 Å². The largest absolute Gasteiger partial charge is 0.394 e. The molecule has 0 radical (unpaired) electrons. The average Bonchev–Trinajstić information content (AvgIpc) is 2.07. The van der Waals surface area contributed by atoms with Crippen molar-refractivity contribution in [2.45, 2.75) is 0 Å². The maximum absolute atomic E-state index is 8.74. The first-order chi connectivity index (χ1) is 6.74. The lowest BCUT2D eigenvalue weighted by molar-refractivity contribution is 0.381. The number of nitrogen functional groups attached to an aromatic ring is 2. The minimum absolute atomic E-state index is 0.305. The molecule has 0 aliphatic heterocycles. The molecule has 1 rings (SSSR count). The Bertz CT molecular complexity index is 411. The molecule has 0 saturated heterocycles. The number of nitrogens with two attached hydrogens (primary N) is 2. The third-order valence-corrected chi connectivity index (χ3v) is 1.07. The number of rotatable bonds is 1. The molecule has 0 amide bonds.